The monoisotopic (exact) mass is 242 g/mol. The van der Waals surface area contributed by atoms with E-state index in [0.29, 0.717) is 0 Å². The van der Waals surface area contributed by atoms with Gasteiger partial charge in [0, 0.05) is 11.9 Å². The molecule has 0 aromatic heterocycles. The van der Waals surface area contributed by atoms with Gasteiger partial charge in [-0.15, -0.1) is 0 Å². The van der Waals surface area contributed by atoms with Crippen molar-refractivity contribution in [3.05, 3.63) is 0 Å². The summed E-state index contributed by atoms with van der Waals surface area (Å²) in [6.07, 6.45) is 3.28. The number of hydrogen-bond acceptors (Lipinski definition) is 5. The third-order valence-corrected chi connectivity index (χ3v) is 0. The van der Waals surface area contributed by atoms with Crippen molar-refractivity contribution in [3.8, 4) is 0 Å². The molecule has 0 fully saturated rings. The normalized spacial score (nSPS) is 6.14. The van der Waals surface area contributed by atoms with Gasteiger partial charge >= 0.3 is 59.1 Å². The van der Waals surface area contributed by atoms with E-state index in [1.807, 2.05) is 0 Å². The van der Waals surface area contributed by atoms with Gasteiger partial charge in [0.25, 0.3) is 0 Å². The van der Waals surface area contributed by atoms with E-state index in [9.17, 15) is 4.55 Å². The Morgan fingerprint density at radius 2 is 0.929 bits per heavy atom. The van der Waals surface area contributed by atoms with Crippen LogP contribution in [-0.4, -0.2) is 29.0 Å². The predicted octanol–water partition coefficient (Wildman–Crippen LogP) is -8.48. The molecule has 0 aromatic carbocycles. The molecule has 0 radical (unpaired) electrons. The minimum absolute atomic E-state index is 0. The molecule has 14 heavy (non-hydrogen) atoms. The van der Waals surface area contributed by atoms with Crippen LogP contribution in [0.5, 0.6) is 0 Å². The van der Waals surface area contributed by atoms with E-state index < -0.39 is 23.1 Å². The van der Waals surface area contributed by atoms with Gasteiger partial charge in [0.2, 0.25) is 0 Å². The molecule has 0 aromatic rings. The fourth-order valence-corrected chi connectivity index (χ4v) is 0. The molecule has 0 heterocycles. The summed E-state index contributed by atoms with van der Waals surface area (Å²) < 4.78 is 9.56. The van der Waals surface area contributed by atoms with Gasteiger partial charge in [0.15, 0.2) is 0 Å². The largest absolute Gasteiger partial charge is 1.00 e. The van der Waals surface area contributed by atoms with Crippen LogP contribution in [0.2, 0.25) is 0 Å². The molecule has 0 spiro atoms. The molecule has 0 aliphatic rings. The van der Waals surface area contributed by atoms with Gasteiger partial charge in [-0.25, -0.2) is 0 Å². The average molecular weight is 242 g/mol. The first-order valence-electron chi connectivity index (χ1n) is 2.80. The first kappa shape index (κ1) is 29.5. The van der Waals surface area contributed by atoms with Crippen LogP contribution >= 0.6 is 0 Å². The number of rotatable bonds is 0. The summed E-state index contributed by atoms with van der Waals surface area (Å²) in [5.74, 6) is -2.17. The van der Waals surface area contributed by atoms with Crippen molar-refractivity contribution in [2.75, 3.05) is 12.5 Å². The average Bonchev–Trinajstić information content (AvgIpc) is 1.54. The number of hydrogen-bond donors (Lipinski definition) is 0. The molecule has 0 saturated carbocycles. The van der Waals surface area contributed by atoms with E-state index in [1.54, 1.807) is 12.5 Å². The Kier molecular flexibility index (Phi) is 50.1. The van der Waals surface area contributed by atoms with Crippen molar-refractivity contribution in [1.29, 1.82) is 0 Å². The van der Waals surface area contributed by atoms with Crippen LogP contribution in [0.1, 0.15) is 13.8 Å². The molecule has 0 rings (SSSR count). The van der Waals surface area contributed by atoms with Crippen molar-refractivity contribution in [2.45, 2.75) is 13.8 Å². The van der Waals surface area contributed by atoms with Gasteiger partial charge < -0.3 is 24.4 Å². The van der Waals surface area contributed by atoms with E-state index in [1.165, 1.54) is 0 Å². The zero-order valence-electron chi connectivity index (χ0n) is 9.45. The third kappa shape index (κ3) is 1270. The van der Waals surface area contributed by atoms with Crippen molar-refractivity contribution < 1.29 is 83.5 Å². The van der Waals surface area contributed by atoms with Gasteiger partial charge in [-0.3, -0.25) is 0 Å². The molecule has 8 heteroatoms. The Morgan fingerprint density at radius 1 is 0.929 bits per heavy atom. The predicted molar refractivity (Wildman–Crippen MR) is 41.4 cm³/mol. The van der Waals surface area contributed by atoms with E-state index in [0.717, 1.165) is 13.8 Å². The number of carboxylic acids is 2. The van der Waals surface area contributed by atoms with E-state index in [2.05, 4.69) is 0 Å². The number of carbonyl (C=O) groups excluding carboxylic acids is 2. The summed E-state index contributed by atoms with van der Waals surface area (Å²) in [5.41, 5.74) is 0. The SMILES string of the molecule is CC(=O)[O-].CC(=O)[O-].C[S+](C)[O-].[Na+].[Na+]. The second-order valence-corrected chi connectivity index (χ2v) is 3.21. The summed E-state index contributed by atoms with van der Waals surface area (Å²) in [6, 6.07) is 0. The summed E-state index contributed by atoms with van der Waals surface area (Å²) in [4.78, 5) is 17.8. The van der Waals surface area contributed by atoms with Crippen molar-refractivity contribution in [3.63, 3.8) is 0 Å². The van der Waals surface area contributed by atoms with Gasteiger partial charge in [-0.1, -0.05) is 11.2 Å². The zero-order chi connectivity index (χ0) is 10.7. The van der Waals surface area contributed by atoms with Crippen molar-refractivity contribution in [1.82, 2.24) is 0 Å². The topological polar surface area (TPSA) is 103 Å². The number of carboxylic acid groups (broad SMARTS) is 2. The maximum Gasteiger partial charge on any atom is 1.00 e. The third-order valence-electron chi connectivity index (χ3n) is 0. The number of carbonyl (C=O) groups is 2. The first-order valence-corrected chi connectivity index (χ1v) is 4.77. The van der Waals surface area contributed by atoms with Crippen LogP contribution in [-0.2, 0) is 20.8 Å². The van der Waals surface area contributed by atoms with Gasteiger partial charge in [0.1, 0.15) is 0 Å². The quantitative estimate of drug-likeness (QED) is 0.310. The fraction of sp³-hybridized carbons (Fsp3) is 0.667. The van der Waals surface area contributed by atoms with Crippen LogP contribution in [0.4, 0.5) is 0 Å². The summed E-state index contributed by atoms with van der Waals surface area (Å²) in [5, 5.41) is 17.8. The molecule has 0 aliphatic heterocycles. The minimum atomic E-state index is -1.08. The van der Waals surface area contributed by atoms with Crippen molar-refractivity contribution in [2.24, 2.45) is 0 Å². The molecular formula is C6H12Na2O5S. The van der Waals surface area contributed by atoms with Crippen molar-refractivity contribution >= 4 is 23.1 Å². The van der Waals surface area contributed by atoms with Crippen LogP contribution in [0, 0.1) is 0 Å². The molecule has 0 bridgehead atoms. The summed E-state index contributed by atoms with van der Waals surface area (Å²) in [7, 11) is 0. The van der Waals surface area contributed by atoms with Gasteiger partial charge in [-0.05, 0) is 13.8 Å². The Labute approximate surface area is 131 Å². The summed E-state index contributed by atoms with van der Waals surface area (Å²) in [6.45, 7) is 1.94. The summed E-state index contributed by atoms with van der Waals surface area (Å²) >= 11 is -0.611. The van der Waals surface area contributed by atoms with E-state index in [-0.39, 0.29) is 59.1 Å². The molecule has 0 aliphatic carbocycles. The molecule has 0 N–H and O–H groups in total. The molecule has 74 valence electrons. The molecule has 0 amide bonds. The first-order chi connectivity index (χ1) is 5.20. The van der Waals surface area contributed by atoms with Gasteiger partial charge in [-0.2, -0.15) is 0 Å². The molecular weight excluding hydrogens is 230 g/mol. The van der Waals surface area contributed by atoms with E-state index >= 15 is 0 Å². The molecule has 0 unspecified atom stereocenters. The van der Waals surface area contributed by atoms with Gasteiger partial charge in [0.05, 0.1) is 12.5 Å². The van der Waals surface area contributed by atoms with Crippen LogP contribution in [0.15, 0.2) is 0 Å². The maximum absolute atomic E-state index is 9.56. The minimum Gasteiger partial charge on any atom is -0.617 e. The van der Waals surface area contributed by atoms with Crippen LogP contribution in [0.3, 0.4) is 0 Å². The Balaban J connectivity index is -0.0000000270. The fourth-order valence-electron chi connectivity index (χ4n) is 0. The standard InChI is InChI=1S/2C2H4O2.C2H6OS.2Na/c2*1-2(3)4;1-4(2)3;;/h2*1H3,(H,3,4);1-2H3;;/q;;;2*+1/p-2. The second-order valence-electron chi connectivity index (χ2n) is 1.72. The molecule has 0 saturated heterocycles. The van der Waals surface area contributed by atoms with E-state index in [4.69, 9.17) is 19.8 Å². The Bertz CT molecular complexity index is 109. The number of aliphatic carboxylic acids is 2. The second kappa shape index (κ2) is 23.8. The van der Waals surface area contributed by atoms with Crippen LogP contribution < -0.4 is 69.3 Å². The zero-order valence-corrected chi connectivity index (χ0v) is 14.3. The smallest absolute Gasteiger partial charge is 0.617 e. The molecule has 0 atom stereocenters. The maximum atomic E-state index is 9.56. The Morgan fingerprint density at radius 3 is 0.929 bits per heavy atom. The molecule has 5 nitrogen and oxygen atoms in total. The Hall–Kier alpha value is 1.25. The van der Waals surface area contributed by atoms with Crippen LogP contribution in [0.25, 0.3) is 0 Å².